The van der Waals surface area contributed by atoms with Crippen LogP contribution in [0.4, 0.5) is 5.69 Å². The van der Waals surface area contributed by atoms with Gasteiger partial charge in [-0.1, -0.05) is 6.07 Å². The van der Waals surface area contributed by atoms with E-state index in [1.54, 1.807) is 13.2 Å². The van der Waals surface area contributed by atoms with Crippen LogP contribution in [0.1, 0.15) is 27.2 Å². The van der Waals surface area contributed by atoms with E-state index in [-0.39, 0.29) is 0 Å². The van der Waals surface area contributed by atoms with Gasteiger partial charge in [-0.2, -0.15) is 0 Å². The van der Waals surface area contributed by atoms with Crippen LogP contribution in [-0.2, 0) is 11.3 Å². The second-order valence-electron chi connectivity index (χ2n) is 4.74. The quantitative estimate of drug-likeness (QED) is 0.856. The molecule has 21 heavy (non-hydrogen) atoms. The number of carbonyl (C=O) groups excluding carboxylic acids is 1. The van der Waals surface area contributed by atoms with E-state index in [4.69, 9.17) is 9.15 Å². The highest BCUT2D eigenvalue weighted by Crippen LogP contribution is 2.29. The molecule has 0 amide bonds. The molecule has 0 fully saturated rings. The van der Waals surface area contributed by atoms with Crippen molar-refractivity contribution in [1.29, 1.82) is 0 Å². The third kappa shape index (κ3) is 3.18. The van der Waals surface area contributed by atoms with Crippen LogP contribution in [0, 0.1) is 13.8 Å². The van der Waals surface area contributed by atoms with Crippen LogP contribution in [0.2, 0.25) is 0 Å². The molecule has 5 nitrogen and oxygen atoms in total. The molecule has 2 rings (SSSR count). The highest BCUT2D eigenvalue weighted by atomic mass is 16.5. The van der Waals surface area contributed by atoms with E-state index in [2.05, 4.69) is 10.1 Å². The van der Waals surface area contributed by atoms with Crippen LogP contribution in [0.15, 0.2) is 28.9 Å². The van der Waals surface area contributed by atoms with Gasteiger partial charge in [-0.05, 0) is 31.5 Å². The van der Waals surface area contributed by atoms with E-state index >= 15 is 0 Å². The van der Waals surface area contributed by atoms with Crippen molar-refractivity contribution in [1.82, 2.24) is 0 Å². The van der Waals surface area contributed by atoms with Gasteiger partial charge in [0.05, 0.1) is 26.3 Å². The van der Waals surface area contributed by atoms with E-state index < -0.39 is 5.97 Å². The number of methoxy groups -OCH3 is 2. The van der Waals surface area contributed by atoms with Crippen LogP contribution in [0.5, 0.6) is 5.75 Å². The summed E-state index contributed by atoms with van der Waals surface area (Å²) in [6.07, 6.45) is 1.39. The monoisotopic (exact) mass is 289 g/mol. The summed E-state index contributed by atoms with van der Waals surface area (Å²) in [5, 5.41) is 3.28. The lowest BCUT2D eigenvalue weighted by molar-refractivity contribution is 0.0600. The fourth-order valence-electron chi connectivity index (χ4n) is 2.21. The number of benzene rings is 1. The number of rotatable bonds is 5. The Bertz CT molecular complexity index is 646. The van der Waals surface area contributed by atoms with E-state index in [0.29, 0.717) is 17.9 Å². The van der Waals surface area contributed by atoms with Crippen molar-refractivity contribution in [3.63, 3.8) is 0 Å². The zero-order valence-electron chi connectivity index (χ0n) is 12.6. The first-order valence-electron chi connectivity index (χ1n) is 6.60. The minimum Gasteiger partial charge on any atom is -0.496 e. The van der Waals surface area contributed by atoms with Crippen LogP contribution in [0.3, 0.4) is 0 Å². The standard InChI is InChI=1S/C16H19NO4/c1-10-5-6-14(11(2)15(10)19-3)17-8-13-7-12(9-21-13)16(18)20-4/h5-7,9,17H,8H2,1-4H3. The number of carbonyl (C=O) groups is 1. The van der Waals surface area contributed by atoms with Crippen LogP contribution < -0.4 is 10.1 Å². The topological polar surface area (TPSA) is 60.7 Å². The Morgan fingerprint density at radius 2 is 2.05 bits per heavy atom. The molecule has 1 heterocycles. The molecule has 1 N–H and O–H groups in total. The van der Waals surface area contributed by atoms with E-state index in [9.17, 15) is 4.79 Å². The largest absolute Gasteiger partial charge is 0.496 e. The number of ether oxygens (including phenoxy) is 2. The van der Waals surface area contributed by atoms with E-state index in [1.165, 1.54) is 13.4 Å². The first-order valence-corrected chi connectivity index (χ1v) is 6.60. The van der Waals surface area contributed by atoms with Gasteiger partial charge in [0, 0.05) is 11.3 Å². The molecule has 0 aliphatic rings. The molecule has 1 aromatic carbocycles. The van der Waals surface area contributed by atoms with Gasteiger partial charge in [0.1, 0.15) is 17.8 Å². The minimum absolute atomic E-state index is 0.404. The summed E-state index contributed by atoms with van der Waals surface area (Å²) >= 11 is 0. The molecular weight excluding hydrogens is 270 g/mol. The lowest BCUT2D eigenvalue weighted by Gasteiger charge is -2.14. The van der Waals surface area contributed by atoms with Gasteiger partial charge in [0.2, 0.25) is 0 Å². The van der Waals surface area contributed by atoms with Crippen LogP contribution in [-0.4, -0.2) is 20.2 Å². The Labute approximate surface area is 123 Å². The molecule has 0 saturated carbocycles. The van der Waals surface area contributed by atoms with Gasteiger partial charge in [-0.25, -0.2) is 4.79 Å². The lowest BCUT2D eigenvalue weighted by atomic mass is 10.1. The maximum absolute atomic E-state index is 11.4. The van der Waals surface area contributed by atoms with Crippen molar-refractivity contribution >= 4 is 11.7 Å². The number of hydrogen-bond donors (Lipinski definition) is 1. The lowest BCUT2D eigenvalue weighted by Crippen LogP contribution is -2.02. The molecule has 1 aromatic heterocycles. The minimum atomic E-state index is -0.404. The predicted molar refractivity (Wildman–Crippen MR) is 79.8 cm³/mol. The Kier molecular flexibility index (Phi) is 4.52. The molecule has 0 spiro atoms. The van der Waals surface area contributed by atoms with Crippen molar-refractivity contribution in [2.24, 2.45) is 0 Å². The second-order valence-corrected chi connectivity index (χ2v) is 4.74. The Morgan fingerprint density at radius 1 is 1.29 bits per heavy atom. The van der Waals surface area contributed by atoms with E-state index in [0.717, 1.165) is 22.6 Å². The maximum Gasteiger partial charge on any atom is 0.341 e. The van der Waals surface area contributed by atoms with Crippen LogP contribution in [0.25, 0.3) is 0 Å². The molecule has 0 atom stereocenters. The van der Waals surface area contributed by atoms with Crippen molar-refractivity contribution < 1.29 is 18.7 Å². The first kappa shape index (κ1) is 15.0. The van der Waals surface area contributed by atoms with Crippen LogP contribution >= 0.6 is 0 Å². The molecule has 2 aromatic rings. The normalized spacial score (nSPS) is 10.3. The Morgan fingerprint density at radius 3 is 2.71 bits per heavy atom. The fraction of sp³-hybridized carbons (Fsp3) is 0.312. The number of anilines is 1. The number of hydrogen-bond acceptors (Lipinski definition) is 5. The van der Waals surface area contributed by atoms with Crippen molar-refractivity contribution in [2.45, 2.75) is 20.4 Å². The SMILES string of the molecule is COC(=O)c1coc(CNc2ccc(C)c(OC)c2C)c1. The van der Waals surface area contributed by atoms with Gasteiger partial charge < -0.3 is 19.2 Å². The molecular formula is C16H19NO4. The summed E-state index contributed by atoms with van der Waals surface area (Å²) < 4.78 is 15.4. The maximum atomic E-state index is 11.4. The van der Waals surface area contributed by atoms with Gasteiger partial charge in [0.25, 0.3) is 0 Å². The summed E-state index contributed by atoms with van der Waals surface area (Å²) in [5.41, 5.74) is 3.50. The zero-order valence-corrected chi connectivity index (χ0v) is 12.6. The Hall–Kier alpha value is -2.43. The zero-order chi connectivity index (χ0) is 15.4. The average Bonchev–Trinajstić information content (AvgIpc) is 2.95. The third-order valence-electron chi connectivity index (χ3n) is 3.33. The molecule has 0 aliphatic carbocycles. The van der Waals surface area contributed by atoms with Crippen molar-refractivity contribution in [2.75, 3.05) is 19.5 Å². The van der Waals surface area contributed by atoms with Gasteiger partial charge >= 0.3 is 5.97 Å². The molecule has 0 saturated heterocycles. The summed E-state index contributed by atoms with van der Waals surface area (Å²) in [6.45, 7) is 4.48. The smallest absolute Gasteiger partial charge is 0.341 e. The third-order valence-corrected chi connectivity index (χ3v) is 3.33. The van der Waals surface area contributed by atoms with Crippen molar-refractivity contribution in [3.05, 3.63) is 46.9 Å². The molecule has 0 bridgehead atoms. The summed E-state index contributed by atoms with van der Waals surface area (Å²) in [4.78, 5) is 11.4. The summed E-state index contributed by atoms with van der Waals surface area (Å²) in [6, 6.07) is 5.66. The van der Waals surface area contributed by atoms with Gasteiger partial charge in [0.15, 0.2) is 0 Å². The molecule has 0 unspecified atom stereocenters. The highest BCUT2D eigenvalue weighted by Gasteiger charge is 2.11. The summed E-state index contributed by atoms with van der Waals surface area (Å²) in [5.74, 6) is 1.13. The number of furan rings is 1. The molecule has 0 aliphatic heterocycles. The molecule has 5 heteroatoms. The summed E-state index contributed by atoms with van der Waals surface area (Å²) in [7, 11) is 3.00. The van der Waals surface area contributed by atoms with Gasteiger partial charge in [-0.3, -0.25) is 0 Å². The fourth-order valence-corrected chi connectivity index (χ4v) is 2.21. The van der Waals surface area contributed by atoms with Gasteiger partial charge in [-0.15, -0.1) is 0 Å². The van der Waals surface area contributed by atoms with E-state index in [1.807, 2.05) is 26.0 Å². The average molecular weight is 289 g/mol. The number of aryl methyl sites for hydroxylation is 1. The van der Waals surface area contributed by atoms with Crippen molar-refractivity contribution in [3.8, 4) is 5.75 Å². The second kappa shape index (κ2) is 6.35. The Balaban J connectivity index is 2.10. The number of nitrogens with one attached hydrogen (secondary N) is 1. The first-order chi connectivity index (χ1) is 10.1. The molecule has 0 radical (unpaired) electrons. The number of esters is 1. The predicted octanol–water partition coefficient (Wildman–Crippen LogP) is 3.30. The highest BCUT2D eigenvalue weighted by molar-refractivity contribution is 5.89. The molecule has 112 valence electrons.